The molecule has 0 aromatic heterocycles. The monoisotopic (exact) mass is 410 g/mol. The van der Waals surface area contributed by atoms with Crippen LogP contribution in [0.2, 0.25) is 0 Å². The summed E-state index contributed by atoms with van der Waals surface area (Å²) in [5, 5.41) is 12.2. The molecule has 1 N–H and O–H groups in total. The van der Waals surface area contributed by atoms with Gasteiger partial charge in [0.1, 0.15) is 0 Å². The molecule has 4 rings (SSSR count). The smallest absolute Gasteiger partial charge is 0.251 e. The Kier molecular flexibility index (Phi) is 6.45. The summed E-state index contributed by atoms with van der Waals surface area (Å²) in [6.07, 6.45) is 2.17. The third-order valence-electron chi connectivity index (χ3n) is 5.86. The minimum Gasteiger partial charge on any atom is -0.381 e. The van der Waals surface area contributed by atoms with Gasteiger partial charge in [0.15, 0.2) is 0 Å². The lowest BCUT2D eigenvalue weighted by atomic mass is 9.92. The number of nitrogens with one attached hydrogen (secondary N) is 1. The van der Waals surface area contributed by atoms with Gasteiger partial charge in [0, 0.05) is 18.1 Å². The lowest BCUT2D eigenvalue weighted by Crippen LogP contribution is -2.27. The molecule has 1 aliphatic rings. The number of amides is 1. The first-order valence-corrected chi connectivity index (χ1v) is 10.7. The predicted molar refractivity (Wildman–Crippen MR) is 122 cm³/mol. The van der Waals surface area contributed by atoms with Crippen molar-refractivity contribution in [2.24, 2.45) is 0 Å². The Morgan fingerprint density at radius 1 is 1.06 bits per heavy atom. The fourth-order valence-electron chi connectivity index (χ4n) is 4.03. The number of nitriles is 1. The fourth-order valence-corrected chi connectivity index (χ4v) is 4.03. The molecule has 1 aliphatic heterocycles. The number of rotatable bonds is 5. The highest BCUT2D eigenvalue weighted by atomic mass is 16.5. The van der Waals surface area contributed by atoms with E-state index in [0.717, 1.165) is 42.7 Å². The van der Waals surface area contributed by atoms with E-state index in [0.29, 0.717) is 17.0 Å². The third kappa shape index (κ3) is 5.02. The van der Waals surface area contributed by atoms with Gasteiger partial charge in [-0.1, -0.05) is 48.5 Å². The van der Waals surface area contributed by atoms with Gasteiger partial charge in [-0.15, -0.1) is 0 Å². The van der Waals surface area contributed by atoms with Gasteiger partial charge >= 0.3 is 0 Å². The molecule has 0 saturated carbocycles. The van der Waals surface area contributed by atoms with E-state index < -0.39 is 0 Å². The van der Waals surface area contributed by atoms with Crippen LogP contribution in [-0.4, -0.2) is 19.1 Å². The van der Waals surface area contributed by atoms with E-state index in [-0.39, 0.29) is 11.9 Å². The zero-order valence-electron chi connectivity index (χ0n) is 17.7. The minimum atomic E-state index is -0.117. The van der Waals surface area contributed by atoms with Crippen molar-refractivity contribution in [2.45, 2.75) is 31.7 Å². The van der Waals surface area contributed by atoms with Crippen molar-refractivity contribution in [3.8, 4) is 17.2 Å². The number of carbonyl (C=O) groups excluding carboxylic acids is 1. The van der Waals surface area contributed by atoms with Crippen LogP contribution in [0.1, 0.15) is 58.8 Å². The summed E-state index contributed by atoms with van der Waals surface area (Å²) < 4.78 is 5.60. The van der Waals surface area contributed by atoms with Crippen LogP contribution in [0.5, 0.6) is 0 Å². The number of ether oxygens (including phenoxy) is 1. The molecule has 0 aliphatic carbocycles. The molecule has 3 aromatic rings. The van der Waals surface area contributed by atoms with Gasteiger partial charge in [-0.25, -0.2) is 0 Å². The molecule has 2 unspecified atom stereocenters. The largest absolute Gasteiger partial charge is 0.381 e. The third-order valence-corrected chi connectivity index (χ3v) is 5.86. The van der Waals surface area contributed by atoms with E-state index in [9.17, 15) is 4.79 Å². The number of hydrogen-bond donors (Lipinski definition) is 1. The number of nitrogens with zero attached hydrogens (tertiary/aromatic N) is 1. The van der Waals surface area contributed by atoms with Gasteiger partial charge in [-0.05, 0) is 66.3 Å². The van der Waals surface area contributed by atoms with Crippen molar-refractivity contribution in [3.63, 3.8) is 0 Å². The number of hydrogen-bond acceptors (Lipinski definition) is 3. The Hall–Kier alpha value is -3.42. The molecule has 31 heavy (non-hydrogen) atoms. The topological polar surface area (TPSA) is 62.1 Å². The molecule has 1 amide bonds. The highest BCUT2D eigenvalue weighted by Gasteiger charge is 2.18. The summed E-state index contributed by atoms with van der Waals surface area (Å²) >= 11 is 0. The highest BCUT2D eigenvalue weighted by molar-refractivity contribution is 5.94. The average Bonchev–Trinajstić information content (AvgIpc) is 2.84. The molecule has 4 nitrogen and oxygen atoms in total. The first kappa shape index (κ1) is 20.8. The van der Waals surface area contributed by atoms with Crippen LogP contribution >= 0.6 is 0 Å². The van der Waals surface area contributed by atoms with Gasteiger partial charge in [-0.3, -0.25) is 4.79 Å². The van der Waals surface area contributed by atoms with Crippen LogP contribution in [0.15, 0.2) is 72.8 Å². The maximum atomic E-state index is 12.8. The van der Waals surface area contributed by atoms with Crippen LogP contribution in [-0.2, 0) is 4.74 Å². The molecule has 1 saturated heterocycles. The van der Waals surface area contributed by atoms with E-state index in [1.165, 1.54) is 5.56 Å². The summed E-state index contributed by atoms with van der Waals surface area (Å²) in [4.78, 5) is 12.8. The van der Waals surface area contributed by atoms with Gasteiger partial charge in [0.2, 0.25) is 0 Å². The van der Waals surface area contributed by atoms with E-state index in [4.69, 9.17) is 10.00 Å². The van der Waals surface area contributed by atoms with Crippen LogP contribution in [0.4, 0.5) is 0 Å². The Balaban J connectivity index is 1.43. The van der Waals surface area contributed by atoms with Crippen molar-refractivity contribution >= 4 is 5.91 Å². The normalized spacial score (nSPS) is 16.8. The molecule has 1 fully saturated rings. The Bertz CT molecular complexity index is 1090. The fraction of sp³-hybridized carbons (Fsp3) is 0.259. The van der Waals surface area contributed by atoms with Gasteiger partial charge in [-0.2, -0.15) is 5.26 Å². The van der Waals surface area contributed by atoms with E-state index in [1.54, 1.807) is 6.07 Å². The Morgan fingerprint density at radius 3 is 2.61 bits per heavy atom. The molecule has 2 atom stereocenters. The second kappa shape index (κ2) is 9.59. The maximum Gasteiger partial charge on any atom is 0.251 e. The standard InChI is InChI=1S/C27H26N2O2/c1-19(21-10-12-22(13-11-21)23-6-2-5-20(15-23)17-28)29-27(30)25-8-3-7-24(16-25)26-9-4-14-31-18-26/h2-3,5-8,10-13,15-16,19,26H,4,9,14,18H2,1H3,(H,29,30). The van der Waals surface area contributed by atoms with Gasteiger partial charge < -0.3 is 10.1 Å². The molecule has 0 bridgehead atoms. The van der Waals surface area contributed by atoms with E-state index >= 15 is 0 Å². The van der Waals surface area contributed by atoms with Crippen LogP contribution in [0.25, 0.3) is 11.1 Å². The lowest BCUT2D eigenvalue weighted by Gasteiger charge is -2.23. The predicted octanol–water partition coefficient (Wildman–Crippen LogP) is 5.61. The van der Waals surface area contributed by atoms with Crippen molar-refractivity contribution < 1.29 is 9.53 Å². The molecule has 156 valence electrons. The molecular formula is C27H26N2O2. The van der Waals surface area contributed by atoms with E-state index in [2.05, 4.69) is 17.5 Å². The average molecular weight is 411 g/mol. The van der Waals surface area contributed by atoms with Crippen molar-refractivity contribution in [3.05, 3.63) is 95.1 Å². The minimum absolute atomic E-state index is 0.0723. The summed E-state index contributed by atoms with van der Waals surface area (Å²) in [6, 6.07) is 25.6. The Labute approximate surface area is 183 Å². The first-order chi connectivity index (χ1) is 15.1. The molecular weight excluding hydrogens is 384 g/mol. The summed E-state index contributed by atoms with van der Waals surface area (Å²) in [5.41, 5.74) is 5.57. The summed E-state index contributed by atoms with van der Waals surface area (Å²) in [7, 11) is 0. The number of carbonyl (C=O) groups is 1. The second-order valence-corrected chi connectivity index (χ2v) is 8.05. The van der Waals surface area contributed by atoms with Gasteiger partial charge in [0.25, 0.3) is 5.91 Å². The molecule has 0 spiro atoms. The zero-order valence-corrected chi connectivity index (χ0v) is 17.7. The van der Waals surface area contributed by atoms with Crippen molar-refractivity contribution in [1.29, 1.82) is 5.26 Å². The van der Waals surface area contributed by atoms with Crippen molar-refractivity contribution in [2.75, 3.05) is 13.2 Å². The molecule has 4 heteroatoms. The quantitative estimate of drug-likeness (QED) is 0.595. The molecule has 0 radical (unpaired) electrons. The molecule has 1 heterocycles. The van der Waals surface area contributed by atoms with Crippen LogP contribution in [0, 0.1) is 11.3 Å². The summed E-state index contributed by atoms with van der Waals surface area (Å²) in [5.74, 6) is 0.294. The van der Waals surface area contributed by atoms with Crippen LogP contribution in [0.3, 0.4) is 0 Å². The second-order valence-electron chi connectivity index (χ2n) is 8.05. The Morgan fingerprint density at radius 2 is 1.87 bits per heavy atom. The highest BCUT2D eigenvalue weighted by Crippen LogP contribution is 2.26. The SMILES string of the molecule is CC(NC(=O)c1cccc(C2CCCOC2)c1)c1ccc(-c2cccc(C#N)c2)cc1. The van der Waals surface area contributed by atoms with E-state index in [1.807, 2.05) is 67.6 Å². The summed E-state index contributed by atoms with van der Waals surface area (Å²) in [6.45, 7) is 3.55. The molecule has 3 aromatic carbocycles. The first-order valence-electron chi connectivity index (χ1n) is 10.7. The number of benzene rings is 3. The maximum absolute atomic E-state index is 12.8. The van der Waals surface area contributed by atoms with Gasteiger partial charge in [0.05, 0.1) is 24.3 Å². The van der Waals surface area contributed by atoms with Crippen LogP contribution < -0.4 is 5.32 Å². The zero-order chi connectivity index (χ0) is 21.6. The van der Waals surface area contributed by atoms with Crippen molar-refractivity contribution in [1.82, 2.24) is 5.32 Å². The lowest BCUT2D eigenvalue weighted by molar-refractivity contribution is 0.0803.